The van der Waals surface area contributed by atoms with Gasteiger partial charge < -0.3 is 25.7 Å². The number of nitrogens with one attached hydrogen (secondary N) is 1. The Hall–Kier alpha value is -1.99. The zero-order valence-corrected chi connectivity index (χ0v) is 43.7. The normalized spacial score (nSPS) is 14.2. The lowest BCUT2D eigenvalue weighted by atomic mass is 10.00. The molecule has 6 nitrogen and oxygen atoms in total. The van der Waals surface area contributed by atoms with E-state index in [9.17, 15) is 25.2 Å². The third kappa shape index (κ3) is 47.1. The number of aliphatic hydroxyl groups is 4. The Bertz CT molecular complexity index is 1130. The lowest BCUT2D eigenvalue weighted by Crippen LogP contribution is -2.53. The van der Waals surface area contributed by atoms with Crippen LogP contribution in [0.1, 0.15) is 284 Å². The molecule has 4 unspecified atom stereocenters. The van der Waals surface area contributed by atoms with Crippen LogP contribution in [0.4, 0.5) is 0 Å². The molecule has 0 saturated carbocycles. The van der Waals surface area contributed by atoms with E-state index >= 15 is 0 Å². The maximum Gasteiger partial charge on any atom is 0.249 e. The third-order valence-corrected chi connectivity index (χ3v) is 13.2. The van der Waals surface area contributed by atoms with Crippen LogP contribution in [-0.4, -0.2) is 57.3 Å². The van der Waals surface area contributed by atoms with Gasteiger partial charge in [-0.3, -0.25) is 4.79 Å². The van der Waals surface area contributed by atoms with Crippen LogP contribution in [0.15, 0.2) is 60.8 Å². The first-order valence-electron chi connectivity index (χ1n) is 28.7. The maximum absolute atomic E-state index is 12.6. The molecule has 0 heterocycles. The molecular weight excluding hydrogens is 815 g/mol. The number of rotatable bonds is 52. The van der Waals surface area contributed by atoms with Gasteiger partial charge in [0, 0.05) is 0 Å². The fraction of sp³-hybridized carbons (Fsp3) is 0.817. The van der Waals surface area contributed by atoms with Crippen molar-refractivity contribution in [2.75, 3.05) is 6.61 Å². The van der Waals surface area contributed by atoms with Crippen molar-refractivity contribution >= 4 is 5.91 Å². The Kier molecular flexibility index (Phi) is 52.3. The van der Waals surface area contributed by atoms with Crippen LogP contribution in [0, 0.1) is 0 Å². The summed E-state index contributed by atoms with van der Waals surface area (Å²) in [4.78, 5) is 12.6. The molecule has 66 heavy (non-hydrogen) atoms. The van der Waals surface area contributed by atoms with E-state index in [2.05, 4.69) is 79.9 Å². The molecule has 1 amide bonds. The van der Waals surface area contributed by atoms with Gasteiger partial charge in [-0.25, -0.2) is 0 Å². The Morgan fingerprint density at radius 3 is 1.08 bits per heavy atom. The highest BCUT2D eigenvalue weighted by atomic mass is 16.3. The van der Waals surface area contributed by atoms with E-state index in [4.69, 9.17) is 0 Å². The highest BCUT2D eigenvalue weighted by molar-refractivity contribution is 5.80. The first-order valence-corrected chi connectivity index (χ1v) is 28.7. The van der Waals surface area contributed by atoms with E-state index in [0.29, 0.717) is 19.3 Å². The van der Waals surface area contributed by atoms with Crippen molar-refractivity contribution in [1.82, 2.24) is 5.32 Å². The molecule has 0 aliphatic rings. The largest absolute Gasteiger partial charge is 0.394 e. The van der Waals surface area contributed by atoms with Crippen molar-refractivity contribution in [3.63, 3.8) is 0 Å². The van der Waals surface area contributed by atoms with E-state index in [1.54, 1.807) is 0 Å². The molecule has 4 atom stereocenters. The number of hydrogen-bond donors (Lipinski definition) is 5. The van der Waals surface area contributed by atoms with Crippen molar-refractivity contribution in [3.05, 3.63) is 60.8 Å². The lowest BCUT2D eigenvalue weighted by molar-refractivity contribution is -0.132. The quantitative estimate of drug-likeness (QED) is 0.0308. The molecular formula is C60H111NO5. The van der Waals surface area contributed by atoms with Crippen LogP contribution in [-0.2, 0) is 4.79 Å². The summed E-state index contributed by atoms with van der Waals surface area (Å²) in [6.45, 7) is 4.02. The summed E-state index contributed by atoms with van der Waals surface area (Å²) in [6.07, 6.45) is 70.2. The molecule has 0 saturated heterocycles. The molecule has 0 bridgehead atoms. The topological polar surface area (TPSA) is 110 Å². The first kappa shape index (κ1) is 64.0. The van der Waals surface area contributed by atoms with Crippen molar-refractivity contribution in [3.8, 4) is 0 Å². The molecule has 0 aromatic heterocycles. The summed E-state index contributed by atoms with van der Waals surface area (Å²) in [5.74, 6) is -0.599. The van der Waals surface area contributed by atoms with E-state index in [-0.39, 0.29) is 0 Å². The van der Waals surface area contributed by atoms with Gasteiger partial charge in [-0.05, 0) is 96.3 Å². The number of aliphatic hydroxyl groups excluding tert-OH is 4. The zero-order chi connectivity index (χ0) is 48.1. The standard InChI is InChI=1S/C60H111NO5/c1-3-5-7-9-11-13-15-17-19-21-22-23-24-25-26-27-28-29-30-31-32-33-34-35-36-37-38-40-42-44-46-48-50-52-54-58(64)60(66)61-56(55-62)59(65)57(63)53-51-49-47-45-43-41-39-20-18-16-14-12-10-8-6-4-2/h12,14,20,24-25,27-28,39,45,47,56-59,62-65H,3-11,13,15-19,21-23,26,29-38,40-44,46,48-55H2,1-2H3,(H,61,66)/b14-12+,25-24-,28-27-,39-20+,47-45+. The monoisotopic (exact) mass is 926 g/mol. The van der Waals surface area contributed by atoms with Gasteiger partial charge in [0.05, 0.1) is 18.8 Å². The highest BCUT2D eigenvalue weighted by Crippen LogP contribution is 2.17. The average Bonchev–Trinajstić information content (AvgIpc) is 3.32. The highest BCUT2D eigenvalue weighted by Gasteiger charge is 2.28. The van der Waals surface area contributed by atoms with Gasteiger partial charge in [0.25, 0.3) is 0 Å². The van der Waals surface area contributed by atoms with Crippen LogP contribution >= 0.6 is 0 Å². The molecule has 0 spiro atoms. The molecule has 0 aliphatic heterocycles. The fourth-order valence-electron chi connectivity index (χ4n) is 8.64. The Morgan fingerprint density at radius 2 is 0.682 bits per heavy atom. The van der Waals surface area contributed by atoms with Crippen LogP contribution in [0.5, 0.6) is 0 Å². The van der Waals surface area contributed by atoms with Gasteiger partial charge >= 0.3 is 0 Å². The molecule has 6 heteroatoms. The van der Waals surface area contributed by atoms with Crippen LogP contribution in [0.2, 0.25) is 0 Å². The second-order valence-corrected chi connectivity index (χ2v) is 19.6. The molecule has 0 rings (SSSR count). The van der Waals surface area contributed by atoms with Gasteiger partial charge in [-0.15, -0.1) is 0 Å². The summed E-state index contributed by atoms with van der Waals surface area (Å²) < 4.78 is 0. The van der Waals surface area contributed by atoms with Gasteiger partial charge in [0.15, 0.2) is 0 Å². The molecule has 0 fully saturated rings. The smallest absolute Gasteiger partial charge is 0.249 e. The lowest BCUT2D eigenvalue weighted by Gasteiger charge is -2.27. The molecule has 0 aromatic carbocycles. The fourth-order valence-corrected chi connectivity index (χ4v) is 8.64. The predicted molar refractivity (Wildman–Crippen MR) is 288 cm³/mol. The number of carbonyl (C=O) groups excluding carboxylic acids is 1. The minimum absolute atomic E-state index is 0.357. The van der Waals surface area contributed by atoms with Gasteiger partial charge in [-0.2, -0.15) is 0 Å². The Morgan fingerprint density at radius 1 is 0.379 bits per heavy atom. The van der Waals surface area contributed by atoms with E-state index in [1.807, 2.05) is 0 Å². The van der Waals surface area contributed by atoms with Crippen molar-refractivity contribution in [2.45, 2.75) is 308 Å². The third-order valence-electron chi connectivity index (χ3n) is 13.2. The van der Waals surface area contributed by atoms with Gasteiger partial charge in [0.2, 0.25) is 5.91 Å². The van der Waals surface area contributed by atoms with Gasteiger partial charge in [-0.1, -0.05) is 248 Å². The molecule has 0 aliphatic carbocycles. The molecule has 5 N–H and O–H groups in total. The number of carbonyl (C=O) groups is 1. The Labute approximate surface area is 410 Å². The summed E-state index contributed by atoms with van der Waals surface area (Å²) in [5.41, 5.74) is 0. The van der Waals surface area contributed by atoms with E-state index in [1.165, 1.54) is 193 Å². The van der Waals surface area contributed by atoms with Crippen molar-refractivity contribution in [2.24, 2.45) is 0 Å². The summed E-state index contributed by atoms with van der Waals surface area (Å²) >= 11 is 0. The summed E-state index contributed by atoms with van der Waals surface area (Å²) in [5, 5.41) is 43.9. The first-order chi connectivity index (χ1) is 32.5. The Balaban J connectivity index is 3.62. The maximum atomic E-state index is 12.6. The zero-order valence-electron chi connectivity index (χ0n) is 43.7. The molecule has 0 aromatic rings. The van der Waals surface area contributed by atoms with Crippen LogP contribution in [0.3, 0.4) is 0 Å². The van der Waals surface area contributed by atoms with E-state index in [0.717, 1.165) is 57.8 Å². The average molecular weight is 927 g/mol. The molecule has 386 valence electrons. The van der Waals surface area contributed by atoms with Gasteiger partial charge in [0.1, 0.15) is 12.2 Å². The SMILES string of the molecule is CCCCC/C=C/CC/C=C/CC/C=C/CCCC(O)C(O)C(CO)NC(=O)C(O)CCCCCCCCCCCCCCCCCC/C=C\C/C=C\CCCCCCCCCCCCC. The predicted octanol–water partition coefficient (Wildman–Crippen LogP) is 16.8. The van der Waals surface area contributed by atoms with E-state index < -0.39 is 36.9 Å². The van der Waals surface area contributed by atoms with Crippen LogP contribution in [0.25, 0.3) is 0 Å². The van der Waals surface area contributed by atoms with Crippen molar-refractivity contribution < 1.29 is 25.2 Å². The number of hydrogen-bond acceptors (Lipinski definition) is 5. The number of amides is 1. The number of unbranched alkanes of at least 4 members (excludes halogenated alkanes) is 33. The minimum atomic E-state index is -1.30. The second kappa shape index (κ2) is 54.0. The summed E-state index contributed by atoms with van der Waals surface area (Å²) in [6, 6.07) is -1.01. The van der Waals surface area contributed by atoms with Crippen LogP contribution < -0.4 is 5.32 Å². The second-order valence-electron chi connectivity index (χ2n) is 19.6. The molecule has 0 radical (unpaired) electrons. The number of allylic oxidation sites excluding steroid dienone is 10. The van der Waals surface area contributed by atoms with Crippen molar-refractivity contribution in [1.29, 1.82) is 0 Å². The minimum Gasteiger partial charge on any atom is -0.394 e. The summed E-state index contributed by atoms with van der Waals surface area (Å²) in [7, 11) is 0.